The van der Waals surface area contributed by atoms with Crippen LogP contribution in [-0.2, 0) is 0 Å². The van der Waals surface area contributed by atoms with Crippen LogP contribution in [0.25, 0.3) is 0 Å². The van der Waals surface area contributed by atoms with E-state index in [0.717, 1.165) is 6.07 Å². The fraction of sp³-hybridized carbons (Fsp3) is 0.0833. The molecule has 2 rings (SSSR count). The zero-order chi connectivity index (χ0) is 12.4. The smallest absolute Gasteiger partial charge is 0.204 e. The zero-order valence-electron chi connectivity index (χ0n) is 8.87. The lowest BCUT2D eigenvalue weighted by atomic mass is 10.1. The molecule has 2 aromatic rings. The minimum Gasteiger partial charge on any atom is -0.494 e. The van der Waals surface area contributed by atoms with E-state index in [1.165, 1.54) is 30.6 Å². The fourth-order valence-corrected chi connectivity index (χ4v) is 2.50. The quantitative estimate of drug-likeness (QED) is 0.794. The predicted octanol–water partition coefficient (Wildman–Crippen LogP) is 3.78. The largest absolute Gasteiger partial charge is 0.494 e. The summed E-state index contributed by atoms with van der Waals surface area (Å²) in [4.78, 5) is 12.4. The Hall–Kier alpha value is -1.39. The van der Waals surface area contributed by atoms with Gasteiger partial charge in [0.25, 0.3) is 0 Å². The van der Waals surface area contributed by atoms with Gasteiger partial charge in [-0.25, -0.2) is 4.39 Å². The number of hydrogen-bond acceptors (Lipinski definition) is 3. The number of ether oxygens (including phenoxy) is 1. The van der Waals surface area contributed by atoms with Crippen LogP contribution in [0.3, 0.4) is 0 Å². The summed E-state index contributed by atoms with van der Waals surface area (Å²) in [6, 6.07) is 5.72. The number of halogens is 2. The summed E-state index contributed by atoms with van der Waals surface area (Å²) in [5.74, 6) is -0.739. The first-order valence-corrected chi connectivity index (χ1v) is 6.00. The van der Waals surface area contributed by atoms with Crippen molar-refractivity contribution in [2.24, 2.45) is 0 Å². The summed E-state index contributed by atoms with van der Waals surface area (Å²) in [5, 5.41) is 2.10. The SMILES string of the molecule is COc1ccc(C(=O)c2sccc2Cl)cc1F. The standard InChI is InChI=1S/C12H8ClFO2S/c1-16-10-3-2-7(6-9(10)14)11(15)12-8(13)4-5-17-12/h2-6H,1H3. The first kappa shape index (κ1) is 12.1. The van der Waals surface area contributed by atoms with Crippen LogP contribution in [0.5, 0.6) is 5.75 Å². The highest BCUT2D eigenvalue weighted by molar-refractivity contribution is 7.13. The van der Waals surface area contributed by atoms with Crippen molar-refractivity contribution >= 4 is 28.7 Å². The second-order valence-corrected chi connectivity index (χ2v) is 4.60. The molecule has 0 spiro atoms. The molecule has 1 aromatic carbocycles. The number of ketones is 1. The van der Waals surface area contributed by atoms with Gasteiger partial charge in [0.05, 0.1) is 17.0 Å². The van der Waals surface area contributed by atoms with E-state index in [1.807, 2.05) is 0 Å². The number of carbonyl (C=O) groups is 1. The Morgan fingerprint density at radius 2 is 2.18 bits per heavy atom. The van der Waals surface area contributed by atoms with E-state index in [4.69, 9.17) is 16.3 Å². The van der Waals surface area contributed by atoms with E-state index < -0.39 is 5.82 Å². The van der Waals surface area contributed by atoms with Crippen LogP contribution in [0.2, 0.25) is 5.02 Å². The molecular formula is C12H8ClFO2S. The molecule has 88 valence electrons. The summed E-state index contributed by atoms with van der Waals surface area (Å²) >= 11 is 7.09. The Bertz CT molecular complexity index is 565. The van der Waals surface area contributed by atoms with E-state index in [1.54, 1.807) is 11.4 Å². The van der Waals surface area contributed by atoms with Gasteiger partial charge >= 0.3 is 0 Å². The van der Waals surface area contributed by atoms with Crippen LogP contribution in [0.1, 0.15) is 15.2 Å². The average Bonchev–Trinajstić information content (AvgIpc) is 2.74. The summed E-state index contributed by atoms with van der Waals surface area (Å²) in [6.07, 6.45) is 0. The Morgan fingerprint density at radius 3 is 2.71 bits per heavy atom. The molecule has 0 saturated carbocycles. The van der Waals surface area contributed by atoms with Crippen LogP contribution >= 0.6 is 22.9 Å². The van der Waals surface area contributed by atoms with Crippen LogP contribution in [0, 0.1) is 5.82 Å². The van der Waals surface area contributed by atoms with Gasteiger partial charge in [0.2, 0.25) is 5.78 Å². The van der Waals surface area contributed by atoms with E-state index in [-0.39, 0.29) is 17.1 Å². The van der Waals surface area contributed by atoms with Crippen LogP contribution < -0.4 is 4.74 Å². The summed E-state index contributed by atoms with van der Waals surface area (Å²) in [5.41, 5.74) is 0.257. The van der Waals surface area contributed by atoms with Crippen molar-refractivity contribution in [3.63, 3.8) is 0 Å². The van der Waals surface area contributed by atoms with Gasteiger partial charge in [0.15, 0.2) is 11.6 Å². The molecule has 1 heterocycles. The molecule has 17 heavy (non-hydrogen) atoms. The number of rotatable bonds is 3. The van der Waals surface area contributed by atoms with Gasteiger partial charge in [-0.3, -0.25) is 4.79 Å². The van der Waals surface area contributed by atoms with Gasteiger partial charge in [0.1, 0.15) is 0 Å². The molecule has 0 N–H and O–H groups in total. The number of hydrogen-bond donors (Lipinski definition) is 0. The van der Waals surface area contributed by atoms with Gasteiger partial charge in [-0.05, 0) is 29.6 Å². The highest BCUT2D eigenvalue weighted by Crippen LogP contribution is 2.26. The predicted molar refractivity (Wildman–Crippen MR) is 65.7 cm³/mol. The molecule has 1 aromatic heterocycles. The van der Waals surface area contributed by atoms with Crippen molar-refractivity contribution in [2.75, 3.05) is 7.11 Å². The number of thiophene rings is 1. The maximum atomic E-state index is 13.4. The normalized spacial score (nSPS) is 10.3. The third-order valence-corrected chi connectivity index (χ3v) is 3.58. The third kappa shape index (κ3) is 2.33. The van der Waals surface area contributed by atoms with Crippen molar-refractivity contribution in [3.8, 4) is 5.75 Å². The lowest BCUT2D eigenvalue weighted by Gasteiger charge is -2.03. The van der Waals surface area contributed by atoms with Gasteiger partial charge in [-0.15, -0.1) is 11.3 Å². The molecular weight excluding hydrogens is 263 g/mol. The number of methoxy groups -OCH3 is 1. The van der Waals surface area contributed by atoms with Gasteiger partial charge < -0.3 is 4.74 Å². The lowest BCUT2D eigenvalue weighted by Crippen LogP contribution is -2.00. The minimum absolute atomic E-state index is 0.110. The first-order chi connectivity index (χ1) is 8.13. The molecule has 0 saturated heterocycles. The van der Waals surface area contributed by atoms with Crippen molar-refractivity contribution in [3.05, 3.63) is 50.9 Å². The molecule has 0 aliphatic heterocycles. The Labute approximate surface area is 107 Å². The molecule has 5 heteroatoms. The molecule has 0 aliphatic rings. The number of benzene rings is 1. The van der Waals surface area contributed by atoms with Crippen LogP contribution in [-0.4, -0.2) is 12.9 Å². The summed E-state index contributed by atoms with van der Waals surface area (Å²) in [6.45, 7) is 0. The highest BCUT2D eigenvalue weighted by Gasteiger charge is 2.16. The third-order valence-electron chi connectivity index (χ3n) is 2.24. The molecule has 0 bridgehead atoms. The van der Waals surface area contributed by atoms with Crippen LogP contribution in [0.15, 0.2) is 29.6 Å². The maximum absolute atomic E-state index is 13.4. The Kier molecular flexibility index (Phi) is 3.45. The number of carbonyl (C=O) groups excluding carboxylic acids is 1. The molecule has 2 nitrogen and oxygen atoms in total. The van der Waals surface area contributed by atoms with Gasteiger partial charge in [-0.2, -0.15) is 0 Å². The lowest BCUT2D eigenvalue weighted by molar-refractivity contribution is 0.104. The van der Waals surface area contributed by atoms with Crippen molar-refractivity contribution < 1.29 is 13.9 Å². The molecule has 0 fully saturated rings. The van der Waals surface area contributed by atoms with E-state index >= 15 is 0 Å². The zero-order valence-corrected chi connectivity index (χ0v) is 10.4. The maximum Gasteiger partial charge on any atom is 0.204 e. The molecule has 0 atom stereocenters. The van der Waals surface area contributed by atoms with Gasteiger partial charge in [0, 0.05) is 5.56 Å². The second-order valence-electron chi connectivity index (χ2n) is 3.28. The first-order valence-electron chi connectivity index (χ1n) is 4.74. The average molecular weight is 271 g/mol. The van der Waals surface area contributed by atoms with Crippen LogP contribution in [0.4, 0.5) is 4.39 Å². The summed E-state index contributed by atoms with van der Waals surface area (Å²) in [7, 11) is 1.37. The molecule has 0 aliphatic carbocycles. The Balaban J connectivity index is 2.39. The van der Waals surface area contributed by atoms with Crippen molar-refractivity contribution in [2.45, 2.75) is 0 Å². The topological polar surface area (TPSA) is 26.3 Å². The van der Waals surface area contributed by atoms with E-state index in [0.29, 0.717) is 9.90 Å². The Morgan fingerprint density at radius 1 is 1.41 bits per heavy atom. The van der Waals surface area contributed by atoms with Crippen molar-refractivity contribution in [1.82, 2.24) is 0 Å². The second kappa shape index (κ2) is 4.85. The van der Waals surface area contributed by atoms with E-state index in [2.05, 4.69) is 0 Å². The fourth-order valence-electron chi connectivity index (χ4n) is 1.39. The van der Waals surface area contributed by atoms with E-state index in [9.17, 15) is 9.18 Å². The summed E-state index contributed by atoms with van der Waals surface area (Å²) < 4.78 is 18.2. The van der Waals surface area contributed by atoms with Crippen molar-refractivity contribution in [1.29, 1.82) is 0 Å². The van der Waals surface area contributed by atoms with Gasteiger partial charge in [-0.1, -0.05) is 11.6 Å². The molecule has 0 unspecified atom stereocenters. The molecule has 0 radical (unpaired) electrons. The molecule has 0 amide bonds. The monoisotopic (exact) mass is 270 g/mol. The highest BCUT2D eigenvalue weighted by atomic mass is 35.5. The minimum atomic E-state index is -0.564.